The van der Waals surface area contributed by atoms with E-state index in [-0.39, 0.29) is 0 Å². The van der Waals surface area contributed by atoms with Crippen molar-refractivity contribution in [2.24, 2.45) is 5.92 Å². The quantitative estimate of drug-likeness (QED) is 0.757. The van der Waals surface area contributed by atoms with Gasteiger partial charge in [-0.3, -0.25) is 4.90 Å². The summed E-state index contributed by atoms with van der Waals surface area (Å²) in [5, 5.41) is 3.45. The maximum absolute atomic E-state index is 3.45. The third-order valence-corrected chi connectivity index (χ3v) is 4.21. The number of likely N-dealkylation sites (N-methyl/N-ethyl adjacent to an activating group) is 1. The molecule has 0 bridgehead atoms. The number of piperidine rings is 1. The van der Waals surface area contributed by atoms with Crippen molar-refractivity contribution in [2.45, 2.75) is 38.8 Å². The minimum Gasteiger partial charge on any atom is -0.317 e. The summed E-state index contributed by atoms with van der Waals surface area (Å²) in [6.07, 6.45) is 2.73. The maximum atomic E-state index is 3.45. The number of rotatable bonds is 2. The molecular weight excluding hydrogens is 198 g/mol. The topological polar surface area (TPSA) is 18.5 Å². The second-order valence-electron chi connectivity index (χ2n) is 5.81. The SMILES string of the molecule is CC1CN(C)CC(C)N1CC1CCNCC1. The van der Waals surface area contributed by atoms with Crippen molar-refractivity contribution in [3.05, 3.63) is 0 Å². The minimum atomic E-state index is 0.726. The second kappa shape index (κ2) is 5.48. The van der Waals surface area contributed by atoms with Gasteiger partial charge in [-0.2, -0.15) is 0 Å². The largest absolute Gasteiger partial charge is 0.317 e. The molecule has 2 aliphatic heterocycles. The molecule has 2 rings (SSSR count). The number of hydrogen-bond acceptors (Lipinski definition) is 3. The summed E-state index contributed by atoms with van der Waals surface area (Å²) in [6.45, 7) is 11.0. The van der Waals surface area contributed by atoms with E-state index in [4.69, 9.17) is 0 Å². The van der Waals surface area contributed by atoms with Crippen LogP contribution in [-0.4, -0.2) is 61.7 Å². The first-order valence-corrected chi connectivity index (χ1v) is 6.82. The average Bonchev–Trinajstić information content (AvgIpc) is 2.25. The molecular formula is C13H27N3. The predicted molar refractivity (Wildman–Crippen MR) is 68.7 cm³/mol. The van der Waals surface area contributed by atoms with E-state index in [1.807, 2.05) is 0 Å². The number of hydrogen-bond donors (Lipinski definition) is 1. The van der Waals surface area contributed by atoms with Crippen LogP contribution in [0.15, 0.2) is 0 Å². The van der Waals surface area contributed by atoms with Crippen molar-refractivity contribution < 1.29 is 0 Å². The standard InChI is InChI=1S/C13H27N3/c1-11-8-15(3)9-12(2)16(11)10-13-4-6-14-7-5-13/h11-14H,4-10H2,1-3H3. The molecule has 0 aromatic rings. The van der Waals surface area contributed by atoms with Crippen LogP contribution in [0.3, 0.4) is 0 Å². The zero-order valence-electron chi connectivity index (χ0n) is 11.1. The Morgan fingerprint density at radius 1 is 1.06 bits per heavy atom. The van der Waals surface area contributed by atoms with Crippen LogP contribution < -0.4 is 5.32 Å². The van der Waals surface area contributed by atoms with E-state index >= 15 is 0 Å². The Hall–Kier alpha value is -0.120. The first kappa shape index (κ1) is 12.3. The number of nitrogens with zero attached hydrogens (tertiary/aromatic N) is 2. The van der Waals surface area contributed by atoms with Gasteiger partial charge in [0.1, 0.15) is 0 Å². The van der Waals surface area contributed by atoms with Crippen LogP contribution >= 0.6 is 0 Å². The molecule has 2 atom stereocenters. The highest BCUT2D eigenvalue weighted by Crippen LogP contribution is 2.20. The van der Waals surface area contributed by atoms with Gasteiger partial charge in [-0.25, -0.2) is 0 Å². The molecule has 2 saturated heterocycles. The zero-order valence-corrected chi connectivity index (χ0v) is 11.1. The van der Waals surface area contributed by atoms with Crippen LogP contribution in [0.25, 0.3) is 0 Å². The average molecular weight is 225 g/mol. The Morgan fingerprint density at radius 3 is 2.19 bits per heavy atom. The Kier molecular flexibility index (Phi) is 4.22. The molecule has 2 unspecified atom stereocenters. The molecule has 3 heteroatoms. The molecule has 0 aromatic heterocycles. The highest BCUT2D eigenvalue weighted by atomic mass is 15.3. The molecule has 0 saturated carbocycles. The van der Waals surface area contributed by atoms with Crippen molar-refractivity contribution in [2.75, 3.05) is 39.8 Å². The van der Waals surface area contributed by atoms with E-state index in [0.717, 1.165) is 18.0 Å². The van der Waals surface area contributed by atoms with Gasteiger partial charge < -0.3 is 10.2 Å². The molecule has 0 aliphatic carbocycles. The molecule has 0 amide bonds. The molecule has 2 aliphatic rings. The normalized spacial score (nSPS) is 35.4. The van der Waals surface area contributed by atoms with Crippen molar-refractivity contribution >= 4 is 0 Å². The third kappa shape index (κ3) is 2.96. The fourth-order valence-corrected chi connectivity index (χ4v) is 3.34. The van der Waals surface area contributed by atoms with Gasteiger partial charge in [0.15, 0.2) is 0 Å². The van der Waals surface area contributed by atoms with Crippen molar-refractivity contribution in [1.82, 2.24) is 15.1 Å². The molecule has 16 heavy (non-hydrogen) atoms. The van der Waals surface area contributed by atoms with Crippen LogP contribution in [0.1, 0.15) is 26.7 Å². The molecule has 94 valence electrons. The van der Waals surface area contributed by atoms with Crippen molar-refractivity contribution in [3.63, 3.8) is 0 Å². The van der Waals surface area contributed by atoms with Gasteiger partial charge in [-0.05, 0) is 52.7 Å². The lowest BCUT2D eigenvalue weighted by Crippen LogP contribution is -2.56. The van der Waals surface area contributed by atoms with Gasteiger partial charge in [0, 0.05) is 31.7 Å². The summed E-state index contributed by atoms with van der Waals surface area (Å²) < 4.78 is 0. The van der Waals surface area contributed by atoms with Crippen molar-refractivity contribution in [3.8, 4) is 0 Å². The Bertz CT molecular complexity index is 201. The Labute approximate surface area is 100 Å². The summed E-state index contributed by atoms with van der Waals surface area (Å²) in [6, 6.07) is 1.45. The monoisotopic (exact) mass is 225 g/mol. The van der Waals surface area contributed by atoms with Gasteiger partial charge in [0.2, 0.25) is 0 Å². The first-order chi connectivity index (χ1) is 7.66. The van der Waals surface area contributed by atoms with Gasteiger partial charge in [0.25, 0.3) is 0 Å². The van der Waals surface area contributed by atoms with Crippen LogP contribution in [-0.2, 0) is 0 Å². The third-order valence-electron chi connectivity index (χ3n) is 4.21. The number of nitrogens with one attached hydrogen (secondary N) is 1. The van der Waals surface area contributed by atoms with Crippen LogP contribution in [0, 0.1) is 5.92 Å². The van der Waals surface area contributed by atoms with Gasteiger partial charge in [0.05, 0.1) is 0 Å². The highest BCUT2D eigenvalue weighted by molar-refractivity contribution is 4.85. The lowest BCUT2D eigenvalue weighted by atomic mass is 9.95. The fraction of sp³-hybridized carbons (Fsp3) is 1.00. The fourth-order valence-electron chi connectivity index (χ4n) is 3.34. The van der Waals surface area contributed by atoms with Gasteiger partial charge >= 0.3 is 0 Å². The Balaban J connectivity index is 1.86. The first-order valence-electron chi connectivity index (χ1n) is 6.82. The van der Waals surface area contributed by atoms with Crippen molar-refractivity contribution in [1.29, 1.82) is 0 Å². The summed E-state index contributed by atoms with van der Waals surface area (Å²) in [4.78, 5) is 5.20. The van der Waals surface area contributed by atoms with Gasteiger partial charge in [-0.1, -0.05) is 0 Å². The van der Waals surface area contributed by atoms with Gasteiger partial charge in [-0.15, -0.1) is 0 Å². The zero-order chi connectivity index (χ0) is 11.5. The molecule has 0 aromatic carbocycles. The minimum absolute atomic E-state index is 0.726. The van der Waals surface area contributed by atoms with E-state index < -0.39 is 0 Å². The predicted octanol–water partition coefficient (Wildman–Crippen LogP) is 1.01. The molecule has 0 radical (unpaired) electrons. The summed E-state index contributed by atoms with van der Waals surface area (Å²) in [7, 11) is 2.24. The molecule has 2 fully saturated rings. The maximum Gasteiger partial charge on any atom is 0.0198 e. The summed E-state index contributed by atoms with van der Waals surface area (Å²) in [5.41, 5.74) is 0. The summed E-state index contributed by atoms with van der Waals surface area (Å²) in [5.74, 6) is 0.926. The van der Waals surface area contributed by atoms with E-state index in [1.54, 1.807) is 0 Å². The second-order valence-corrected chi connectivity index (χ2v) is 5.81. The number of piperazine rings is 1. The van der Waals surface area contributed by atoms with E-state index in [9.17, 15) is 0 Å². The lowest BCUT2D eigenvalue weighted by molar-refractivity contribution is 0.0353. The highest BCUT2D eigenvalue weighted by Gasteiger charge is 2.29. The Morgan fingerprint density at radius 2 is 1.62 bits per heavy atom. The molecule has 0 spiro atoms. The summed E-state index contributed by atoms with van der Waals surface area (Å²) >= 11 is 0. The van der Waals surface area contributed by atoms with Crippen LogP contribution in [0.5, 0.6) is 0 Å². The molecule has 3 nitrogen and oxygen atoms in total. The van der Waals surface area contributed by atoms with E-state index in [0.29, 0.717) is 0 Å². The molecule has 1 N–H and O–H groups in total. The van der Waals surface area contributed by atoms with Crippen LogP contribution in [0.2, 0.25) is 0 Å². The smallest absolute Gasteiger partial charge is 0.0198 e. The van der Waals surface area contributed by atoms with E-state index in [2.05, 4.69) is 36.0 Å². The van der Waals surface area contributed by atoms with E-state index in [1.165, 1.54) is 45.6 Å². The lowest BCUT2D eigenvalue weighted by Gasteiger charge is -2.45. The van der Waals surface area contributed by atoms with Crippen LogP contribution in [0.4, 0.5) is 0 Å². The molecule has 2 heterocycles.